The Bertz CT molecular complexity index is 2430. The van der Waals surface area contributed by atoms with Gasteiger partial charge in [-0.1, -0.05) is 28.1 Å². The lowest BCUT2D eigenvalue weighted by Gasteiger charge is -2.41. The molecular formula is C46H47BrClN5O6. The normalized spacial score (nSPS) is 18.2. The van der Waals surface area contributed by atoms with Gasteiger partial charge >= 0.3 is 0 Å². The van der Waals surface area contributed by atoms with Gasteiger partial charge in [0.25, 0.3) is 11.8 Å². The molecule has 0 saturated carbocycles. The van der Waals surface area contributed by atoms with Gasteiger partial charge in [0, 0.05) is 90.8 Å². The first-order chi connectivity index (χ1) is 28.3. The summed E-state index contributed by atoms with van der Waals surface area (Å²) in [4.78, 5) is 39.0. The van der Waals surface area contributed by atoms with Crippen LogP contribution < -0.4 is 19.3 Å². The number of hydrogen-bond donors (Lipinski definition) is 1. The third-order valence-electron chi connectivity index (χ3n) is 12.5. The van der Waals surface area contributed by atoms with Gasteiger partial charge in [-0.15, -0.1) is 12.4 Å². The summed E-state index contributed by atoms with van der Waals surface area (Å²) in [5, 5.41) is 10.2. The third kappa shape index (κ3) is 7.24. The maximum absolute atomic E-state index is 15.3. The van der Waals surface area contributed by atoms with Gasteiger partial charge in [-0.2, -0.15) is 0 Å². The van der Waals surface area contributed by atoms with Gasteiger partial charge in [0.2, 0.25) is 6.79 Å². The number of carbonyl (C=O) groups is 2. The fraction of sp³-hybridized carbons (Fsp3) is 0.348. The first kappa shape index (κ1) is 39.5. The largest absolute Gasteiger partial charge is 0.508 e. The molecule has 0 spiro atoms. The fourth-order valence-corrected chi connectivity index (χ4v) is 10.1. The number of likely N-dealkylation sites (N-methyl/N-ethyl adjacent to an activating group) is 1. The van der Waals surface area contributed by atoms with Gasteiger partial charge in [-0.3, -0.25) is 19.4 Å². The molecule has 59 heavy (non-hydrogen) atoms. The molecule has 6 heterocycles. The molecular weight excluding hydrogens is 834 g/mol. The molecule has 1 aromatic heterocycles. The van der Waals surface area contributed by atoms with Crippen molar-refractivity contribution in [2.24, 2.45) is 0 Å². The number of aromatic nitrogens is 1. The molecule has 1 saturated heterocycles. The number of phenolic OH excluding ortho intramolecular Hbond substituents is 1. The van der Waals surface area contributed by atoms with Crippen molar-refractivity contribution in [1.29, 1.82) is 0 Å². The van der Waals surface area contributed by atoms with Gasteiger partial charge in [-0.25, -0.2) is 0 Å². The molecule has 11 nitrogen and oxygen atoms in total. The Hall–Kier alpha value is -5.01. The molecule has 5 aliphatic heterocycles. The van der Waals surface area contributed by atoms with Crippen molar-refractivity contribution in [2.75, 3.05) is 63.0 Å². The summed E-state index contributed by atoms with van der Waals surface area (Å²) in [5.41, 5.74) is 9.77. The van der Waals surface area contributed by atoms with Crippen molar-refractivity contribution in [2.45, 2.75) is 51.2 Å². The quantitative estimate of drug-likeness (QED) is 0.176. The first-order valence-corrected chi connectivity index (χ1v) is 21.1. The predicted octanol–water partition coefficient (Wildman–Crippen LogP) is 7.98. The molecule has 1 atom stereocenters. The maximum atomic E-state index is 15.3. The lowest BCUT2D eigenvalue weighted by Crippen LogP contribution is -2.52. The number of ether oxygens (including phenoxy) is 3. The van der Waals surface area contributed by atoms with Crippen LogP contribution in [-0.2, 0) is 37.1 Å². The fourth-order valence-electron chi connectivity index (χ4n) is 9.49. The molecule has 10 rings (SSSR count). The summed E-state index contributed by atoms with van der Waals surface area (Å²) in [6.45, 7) is 5.95. The van der Waals surface area contributed by atoms with Crippen molar-refractivity contribution >= 4 is 57.2 Å². The SMILES string of the molecule is CN1CCc2cc(N(C(=O)c3cc(-c4cc5c(cc4C(=O)N4Cc6cccc(Br)c6C[C@H]4CN4CCOCC4)OCO5)n4c3CCCC4)c3ccc(O)cc3)ccc21.Cl. The Kier molecular flexibility index (Phi) is 10.8. The molecule has 306 valence electrons. The highest BCUT2D eigenvalue weighted by Gasteiger charge is 2.37. The van der Waals surface area contributed by atoms with Crippen LogP contribution in [-0.4, -0.2) is 90.6 Å². The van der Waals surface area contributed by atoms with E-state index in [1.165, 1.54) is 16.8 Å². The Morgan fingerprint density at radius 2 is 1.63 bits per heavy atom. The van der Waals surface area contributed by atoms with Crippen LogP contribution in [0.3, 0.4) is 0 Å². The zero-order chi connectivity index (χ0) is 39.5. The number of fused-ring (bicyclic) bond motifs is 4. The summed E-state index contributed by atoms with van der Waals surface area (Å²) < 4.78 is 20.8. The van der Waals surface area contributed by atoms with Crippen LogP contribution in [0, 0.1) is 0 Å². The molecule has 5 aromatic rings. The van der Waals surface area contributed by atoms with E-state index >= 15 is 9.59 Å². The van der Waals surface area contributed by atoms with Crippen LogP contribution in [0.15, 0.2) is 83.3 Å². The van der Waals surface area contributed by atoms with E-state index in [2.05, 4.69) is 61.6 Å². The Morgan fingerprint density at radius 3 is 2.44 bits per heavy atom. The minimum Gasteiger partial charge on any atom is -0.508 e. The molecule has 0 radical (unpaired) electrons. The Labute approximate surface area is 358 Å². The molecule has 5 aliphatic rings. The van der Waals surface area contributed by atoms with Crippen LogP contribution in [0.4, 0.5) is 17.1 Å². The third-order valence-corrected chi connectivity index (χ3v) is 13.3. The number of carbonyl (C=O) groups excluding carboxylic acids is 2. The number of rotatable bonds is 7. The van der Waals surface area contributed by atoms with Crippen molar-refractivity contribution in [3.63, 3.8) is 0 Å². The molecule has 13 heteroatoms. The minimum absolute atomic E-state index is 0. The van der Waals surface area contributed by atoms with Gasteiger partial charge in [-0.05, 0) is 116 Å². The van der Waals surface area contributed by atoms with Crippen LogP contribution in [0.25, 0.3) is 11.3 Å². The van der Waals surface area contributed by atoms with E-state index in [-0.39, 0.29) is 42.8 Å². The number of aromatic hydroxyl groups is 1. The molecule has 0 bridgehead atoms. The minimum atomic E-state index is -0.161. The van der Waals surface area contributed by atoms with Crippen molar-refractivity contribution in [3.05, 3.63) is 117 Å². The highest BCUT2D eigenvalue weighted by Crippen LogP contribution is 2.44. The van der Waals surface area contributed by atoms with Gasteiger partial charge in [0.05, 0.1) is 24.3 Å². The van der Waals surface area contributed by atoms with E-state index in [0.717, 1.165) is 97.5 Å². The standard InChI is InChI=1S/C46H46BrN5O6.ClH/c1-48-16-14-29-21-32(10-13-40(29)48)52(31-8-11-34(53)12-9-31)46(55)38-23-42(50-15-3-2-7-41(38)50)36-24-43-44(58-28-57-43)25-37(36)45(54)51-26-30-5-4-6-39(47)35(30)22-33(51)27-49-17-19-56-20-18-49;/h4-6,8-13,21,23-25,33,53H,2-3,7,14-20,22,26-28H2,1H3;1H/t33-;/m0./s1. The van der Waals surface area contributed by atoms with Crippen LogP contribution in [0.5, 0.6) is 17.2 Å². The van der Waals surface area contributed by atoms with Crippen molar-refractivity contribution < 1.29 is 28.9 Å². The number of anilines is 3. The van der Waals surface area contributed by atoms with Crippen molar-refractivity contribution in [3.8, 4) is 28.5 Å². The summed E-state index contributed by atoms with van der Waals surface area (Å²) >= 11 is 3.81. The number of nitrogens with zero attached hydrogens (tertiary/aromatic N) is 5. The van der Waals surface area contributed by atoms with E-state index in [1.54, 1.807) is 29.2 Å². The lowest BCUT2D eigenvalue weighted by molar-refractivity contribution is 0.0192. The highest BCUT2D eigenvalue weighted by atomic mass is 79.9. The van der Waals surface area contributed by atoms with Gasteiger partial charge < -0.3 is 33.7 Å². The van der Waals surface area contributed by atoms with Crippen molar-refractivity contribution in [1.82, 2.24) is 14.4 Å². The van der Waals surface area contributed by atoms with Crippen LogP contribution >= 0.6 is 28.3 Å². The smallest absolute Gasteiger partial charge is 0.264 e. The molecule has 0 aliphatic carbocycles. The summed E-state index contributed by atoms with van der Waals surface area (Å²) in [7, 11) is 2.09. The highest BCUT2D eigenvalue weighted by molar-refractivity contribution is 9.10. The van der Waals surface area contributed by atoms with Gasteiger partial charge in [0.1, 0.15) is 5.75 Å². The Balaban J connectivity index is 0.00000449. The number of halogens is 2. The van der Waals surface area contributed by atoms with Crippen LogP contribution in [0.2, 0.25) is 0 Å². The Morgan fingerprint density at radius 1 is 0.847 bits per heavy atom. The summed E-state index contributed by atoms with van der Waals surface area (Å²) in [6.07, 6.45) is 4.26. The molecule has 1 fully saturated rings. The average molecular weight is 881 g/mol. The monoisotopic (exact) mass is 879 g/mol. The number of hydrogen-bond acceptors (Lipinski definition) is 8. The number of morpholine rings is 1. The predicted molar refractivity (Wildman–Crippen MR) is 233 cm³/mol. The van der Waals surface area contributed by atoms with E-state index in [9.17, 15) is 5.11 Å². The van der Waals surface area contributed by atoms with E-state index in [1.807, 2.05) is 35.2 Å². The molecule has 1 N–H and O–H groups in total. The second-order valence-corrected chi connectivity index (χ2v) is 16.8. The molecule has 2 amide bonds. The summed E-state index contributed by atoms with van der Waals surface area (Å²) in [6, 6.07) is 24.9. The van der Waals surface area contributed by atoms with Crippen LogP contribution in [0.1, 0.15) is 55.9 Å². The second-order valence-electron chi connectivity index (χ2n) is 16.0. The zero-order valence-electron chi connectivity index (χ0n) is 33.0. The zero-order valence-corrected chi connectivity index (χ0v) is 35.4. The lowest BCUT2D eigenvalue weighted by atomic mass is 9.92. The molecule has 0 unspecified atom stereocenters. The topological polar surface area (TPSA) is 100.0 Å². The van der Waals surface area contributed by atoms with E-state index in [0.29, 0.717) is 48.1 Å². The van der Waals surface area contributed by atoms with Gasteiger partial charge in [0.15, 0.2) is 11.5 Å². The first-order valence-electron chi connectivity index (χ1n) is 20.3. The number of amides is 2. The van der Waals surface area contributed by atoms with E-state index in [4.69, 9.17) is 14.2 Å². The summed E-state index contributed by atoms with van der Waals surface area (Å²) in [5.74, 6) is 1.01. The molecule has 4 aromatic carbocycles. The van der Waals surface area contributed by atoms with E-state index < -0.39 is 0 Å². The maximum Gasteiger partial charge on any atom is 0.264 e. The number of benzene rings is 4. The number of phenols is 1. The average Bonchev–Trinajstić information content (AvgIpc) is 3.98. The second kappa shape index (κ2) is 16.2.